The first-order valence-corrected chi connectivity index (χ1v) is 9.81. The molecule has 1 aliphatic rings. The van der Waals surface area contributed by atoms with Crippen molar-refractivity contribution in [2.75, 3.05) is 7.11 Å². The lowest BCUT2D eigenvalue weighted by Crippen LogP contribution is -2.34. The maximum Gasteiger partial charge on any atom is 0.340 e. The number of ether oxygens (including phenoxy) is 2. The van der Waals surface area contributed by atoms with Crippen LogP contribution in [0.4, 0.5) is 0 Å². The number of amides is 1. The van der Waals surface area contributed by atoms with Crippen LogP contribution in [0.1, 0.15) is 57.2 Å². The largest absolute Gasteiger partial charge is 0.496 e. The van der Waals surface area contributed by atoms with Gasteiger partial charge in [0.2, 0.25) is 5.91 Å². The minimum Gasteiger partial charge on any atom is -0.496 e. The predicted octanol–water partition coefficient (Wildman–Crippen LogP) is 3.67. The average molecular weight is 387 g/mol. The van der Waals surface area contributed by atoms with E-state index in [4.69, 9.17) is 13.9 Å². The Bertz CT molecular complexity index is 973. The first kappa shape index (κ1) is 20.2. The van der Waals surface area contributed by atoms with Crippen LogP contribution in [0.2, 0.25) is 0 Å². The Morgan fingerprint density at radius 3 is 2.75 bits per heavy atom. The molecule has 0 saturated carbocycles. The molecule has 1 N–H and O–H groups in total. The molecular weight excluding hydrogens is 358 g/mol. The zero-order valence-electron chi connectivity index (χ0n) is 17.5. The summed E-state index contributed by atoms with van der Waals surface area (Å²) in [5.41, 5.74) is 1.70. The first-order chi connectivity index (χ1) is 13.2. The van der Waals surface area contributed by atoms with Crippen LogP contribution < -0.4 is 20.4 Å². The second kappa shape index (κ2) is 7.49. The quantitative estimate of drug-likeness (QED) is 0.792. The molecule has 1 aromatic carbocycles. The molecule has 152 valence electrons. The molecule has 6 nitrogen and oxygen atoms in total. The molecule has 0 unspecified atom stereocenters. The molecule has 1 aromatic heterocycles. The number of rotatable bonds is 5. The summed E-state index contributed by atoms with van der Waals surface area (Å²) >= 11 is 0. The van der Waals surface area contributed by atoms with E-state index in [1.807, 2.05) is 40.7 Å². The Hall–Kier alpha value is -2.50. The van der Waals surface area contributed by atoms with Crippen molar-refractivity contribution in [2.24, 2.45) is 0 Å². The van der Waals surface area contributed by atoms with Gasteiger partial charge in [0.05, 0.1) is 24.5 Å². The molecular formula is C22H29NO5. The fourth-order valence-electron chi connectivity index (χ4n) is 3.64. The summed E-state index contributed by atoms with van der Waals surface area (Å²) < 4.78 is 17.4. The predicted molar refractivity (Wildman–Crippen MR) is 108 cm³/mol. The molecule has 1 aliphatic heterocycles. The van der Waals surface area contributed by atoms with Crippen LogP contribution in [-0.4, -0.2) is 24.7 Å². The van der Waals surface area contributed by atoms with Crippen molar-refractivity contribution >= 4 is 16.9 Å². The van der Waals surface area contributed by atoms with Crippen molar-refractivity contribution in [3.05, 3.63) is 33.2 Å². The van der Waals surface area contributed by atoms with Crippen molar-refractivity contribution in [2.45, 2.75) is 71.9 Å². The Morgan fingerprint density at radius 2 is 2.11 bits per heavy atom. The van der Waals surface area contributed by atoms with Gasteiger partial charge in [0.15, 0.2) is 0 Å². The second-order valence-corrected chi connectivity index (χ2v) is 8.17. The number of hydrogen-bond donors (Lipinski definition) is 1. The lowest BCUT2D eigenvalue weighted by Gasteiger charge is -2.33. The molecule has 2 aromatic rings. The third-order valence-electron chi connectivity index (χ3n) is 5.52. The Balaban J connectivity index is 2.13. The van der Waals surface area contributed by atoms with Gasteiger partial charge in [-0.05, 0) is 52.5 Å². The van der Waals surface area contributed by atoms with Gasteiger partial charge in [-0.1, -0.05) is 6.92 Å². The molecule has 0 fully saturated rings. The van der Waals surface area contributed by atoms with E-state index in [1.54, 1.807) is 7.11 Å². The highest BCUT2D eigenvalue weighted by atomic mass is 16.5. The number of carbonyl (C=O) groups is 1. The van der Waals surface area contributed by atoms with Crippen LogP contribution in [0.5, 0.6) is 11.5 Å². The monoisotopic (exact) mass is 387 g/mol. The third-order valence-corrected chi connectivity index (χ3v) is 5.52. The molecule has 3 rings (SSSR count). The number of benzene rings is 1. The zero-order chi connectivity index (χ0) is 20.6. The maximum absolute atomic E-state index is 12.7. The van der Waals surface area contributed by atoms with E-state index in [0.717, 1.165) is 35.8 Å². The van der Waals surface area contributed by atoms with E-state index in [1.165, 1.54) is 0 Å². The Labute approximate surface area is 165 Å². The van der Waals surface area contributed by atoms with Crippen LogP contribution in [0.25, 0.3) is 11.0 Å². The van der Waals surface area contributed by atoms with Gasteiger partial charge in [0.1, 0.15) is 22.7 Å². The number of nitrogens with one attached hydrogen (secondary N) is 1. The summed E-state index contributed by atoms with van der Waals surface area (Å²) in [6.07, 6.45) is 2.38. The highest BCUT2D eigenvalue weighted by molar-refractivity contribution is 5.93. The van der Waals surface area contributed by atoms with Crippen LogP contribution in [0.3, 0.4) is 0 Å². The summed E-state index contributed by atoms with van der Waals surface area (Å²) in [5.74, 6) is 1.08. The van der Waals surface area contributed by atoms with Crippen LogP contribution in [-0.2, 0) is 17.6 Å². The molecule has 1 atom stereocenters. The number of hydrogen-bond acceptors (Lipinski definition) is 5. The van der Waals surface area contributed by atoms with E-state index < -0.39 is 5.63 Å². The number of carbonyl (C=O) groups excluding carboxylic acids is 1. The van der Waals surface area contributed by atoms with Gasteiger partial charge in [0.25, 0.3) is 0 Å². The van der Waals surface area contributed by atoms with E-state index in [2.05, 4.69) is 5.32 Å². The van der Waals surface area contributed by atoms with Crippen molar-refractivity contribution in [3.8, 4) is 11.5 Å². The van der Waals surface area contributed by atoms with Gasteiger partial charge in [-0.3, -0.25) is 4.79 Å². The Morgan fingerprint density at radius 1 is 1.39 bits per heavy atom. The highest BCUT2D eigenvalue weighted by Gasteiger charge is 2.31. The third kappa shape index (κ3) is 3.73. The van der Waals surface area contributed by atoms with Crippen molar-refractivity contribution < 1.29 is 18.7 Å². The van der Waals surface area contributed by atoms with Gasteiger partial charge >= 0.3 is 5.63 Å². The molecule has 28 heavy (non-hydrogen) atoms. The fraction of sp³-hybridized carbons (Fsp3) is 0.545. The standard InChI is InChI=1S/C22H29NO5/c1-7-12(2)23-18(24)10-15-13(3)19-17(26-6)11-16-14(20(19)27-21(15)25)8-9-22(4,5)28-16/h11-12H,7-10H2,1-6H3,(H,23,24)/t12-/m0/s1. The van der Waals surface area contributed by atoms with Crippen LogP contribution >= 0.6 is 0 Å². The van der Waals surface area contributed by atoms with E-state index >= 15 is 0 Å². The van der Waals surface area contributed by atoms with Crippen molar-refractivity contribution in [3.63, 3.8) is 0 Å². The number of fused-ring (bicyclic) bond motifs is 3. The van der Waals surface area contributed by atoms with Gasteiger partial charge in [-0.15, -0.1) is 0 Å². The van der Waals surface area contributed by atoms with Gasteiger partial charge < -0.3 is 19.2 Å². The van der Waals surface area contributed by atoms with Gasteiger partial charge in [-0.25, -0.2) is 4.79 Å². The van der Waals surface area contributed by atoms with Gasteiger partial charge in [0, 0.05) is 17.7 Å². The van der Waals surface area contributed by atoms with Crippen LogP contribution in [0.15, 0.2) is 15.3 Å². The van der Waals surface area contributed by atoms with Crippen molar-refractivity contribution in [1.29, 1.82) is 0 Å². The highest BCUT2D eigenvalue weighted by Crippen LogP contribution is 2.43. The summed E-state index contributed by atoms with van der Waals surface area (Å²) in [4.78, 5) is 25.1. The van der Waals surface area contributed by atoms with E-state index in [0.29, 0.717) is 22.6 Å². The smallest absolute Gasteiger partial charge is 0.340 e. The topological polar surface area (TPSA) is 77.8 Å². The van der Waals surface area contributed by atoms with E-state index in [-0.39, 0.29) is 24.0 Å². The summed E-state index contributed by atoms with van der Waals surface area (Å²) in [7, 11) is 1.58. The molecule has 2 heterocycles. The molecule has 0 saturated heterocycles. The summed E-state index contributed by atoms with van der Waals surface area (Å²) in [6, 6.07) is 1.91. The molecule has 6 heteroatoms. The molecule has 0 spiro atoms. The lowest BCUT2D eigenvalue weighted by molar-refractivity contribution is -0.121. The normalized spacial score (nSPS) is 16.2. The SMILES string of the molecule is CC[C@H](C)NC(=O)Cc1c(C)c2c(OC)cc3c(c2oc1=O)CCC(C)(C)O3. The molecule has 0 aliphatic carbocycles. The number of aryl methyl sites for hydroxylation is 2. The minimum atomic E-state index is -0.482. The Kier molecular flexibility index (Phi) is 5.41. The first-order valence-electron chi connectivity index (χ1n) is 9.81. The van der Waals surface area contributed by atoms with Gasteiger partial charge in [-0.2, -0.15) is 0 Å². The number of methoxy groups -OCH3 is 1. The summed E-state index contributed by atoms with van der Waals surface area (Å²) in [5, 5.41) is 3.63. The fourth-order valence-corrected chi connectivity index (χ4v) is 3.64. The van der Waals surface area contributed by atoms with Crippen molar-refractivity contribution in [1.82, 2.24) is 5.32 Å². The minimum absolute atomic E-state index is 0.0157. The molecule has 1 amide bonds. The molecule has 0 bridgehead atoms. The second-order valence-electron chi connectivity index (χ2n) is 8.17. The summed E-state index contributed by atoms with van der Waals surface area (Å²) in [6.45, 7) is 9.84. The zero-order valence-corrected chi connectivity index (χ0v) is 17.5. The maximum atomic E-state index is 12.7. The van der Waals surface area contributed by atoms with Crippen LogP contribution in [0, 0.1) is 6.92 Å². The lowest BCUT2D eigenvalue weighted by atomic mass is 9.91. The van der Waals surface area contributed by atoms with E-state index in [9.17, 15) is 9.59 Å². The molecule has 0 radical (unpaired) electrons. The average Bonchev–Trinajstić information content (AvgIpc) is 2.62.